The lowest BCUT2D eigenvalue weighted by Crippen LogP contribution is -2.38. The first-order chi connectivity index (χ1) is 3.81. The van der Waals surface area contributed by atoms with Crippen LogP contribution in [0.15, 0.2) is 0 Å². The lowest BCUT2D eigenvalue weighted by molar-refractivity contribution is -0.181. The van der Waals surface area contributed by atoms with E-state index in [4.69, 9.17) is 0 Å². The van der Waals surface area contributed by atoms with Crippen molar-refractivity contribution in [2.75, 3.05) is 5.33 Å². The van der Waals surface area contributed by atoms with Gasteiger partial charge in [0.15, 0.2) is 0 Å². The monoisotopic (exact) mass is 208 g/mol. The molecule has 0 aromatic rings. The summed E-state index contributed by atoms with van der Waals surface area (Å²) in [7, 11) is 0. The molecule has 0 nitrogen and oxygen atoms in total. The van der Waals surface area contributed by atoms with E-state index in [1.165, 1.54) is 0 Å². The van der Waals surface area contributed by atoms with Gasteiger partial charge in [0, 0.05) is 6.92 Å². The minimum Gasteiger partial charge on any atom is -0.200 e. The third kappa shape index (κ3) is 2.12. The van der Waals surface area contributed by atoms with Crippen molar-refractivity contribution in [3.8, 4) is 0 Å². The molecule has 0 spiro atoms. The average Bonchev–Trinajstić information content (AvgIpc) is 1.64. The summed E-state index contributed by atoms with van der Waals surface area (Å²) in [6.45, 7) is 0.189. The molecule has 0 aliphatic heterocycles. The van der Waals surface area contributed by atoms with E-state index in [1.807, 2.05) is 0 Å². The van der Waals surface area contributed by atoms with E-state index in [0.717, 1.165) is 0 Å². The summed E-state index contributed by atoms with van der Waals surface area (Å²) < 4.78 is 47.2. The van der Waals surface area contributed by atoms with Gasteiger partial charge in [-0.3, -0.25) is 0 Å². The van der Waals surface area contributed by atoms with Crippen molar-refractivity contribution in [3.63, 3.8) is 0 Å². The molecule has 5 heteroatoms. The first-order valence-electron chi connectivity index (χ1n) is 2.13. The Balaban J connectivity index is 4.14. The third-order valence-electron chi connectivity index (χ3n) is 0.810. The van der Waals surface area contributed by atoms with Gasteiger partial charge >= 0.3 is 11.8 Å². The zero-order valence-corrected chi connectivity index (χ0v) is 6.18. The van der Waals surface area contributed by atoms with Gasteiger partial charge in [-0.15, -0.1) is 0 Å². The number of halogens is 5. The van der Waals surface area contributed by atoms with Gasteiger partial charge in [0.1, 0.15) is 0 Å². The van der Waals surface area contributed by atoms with Crippen LogP contribution in [0.2, 0.25) is 0 Å². The van der Waals surface area contributed by atoms with Crippen molar-refractivity contribution in [1.82, 2.24) is 0 Å². The zero-order valence-electron chi connectivity index (χ0n) is 4.60. The lowest BCUT2D eigenvalue weighted by atomic mass is 10.2. The second-order valence-electron chi connectivity index (χ2n) is 1.73. The van der Waals surface area contributed by atoms with Crippen LogP contribution in [0.5, 0.6) is 0 Å². The van der Waals surface area contributed by atoms with Crippen molar-refractivity contribution in [2.45, 2.75) is 18.8 Å². The molecule has 0 aliphatic carbocycles. The van der Waals surface area contributed by atoms with Gasteiger partial charge in [0.05, 0.1) is 5.33 Å². The standard InChI is InChI=1S/C4H5BrF4/c1-3(6,7)4(8,9)2-5/h2H2,1H3. The fraction of sp³-hybridized carbons (Fsp3) is 1.00. The Morgan fingerprint density at radius 1 is 1.22 bits per heavy atom. The van der Waals surface area contributed by atoms with E-state index in [-0.39, 0.29) is 6.92 Å². The highest BCUT2D eigenvalue weighted by atomic mass is 79.9. The normalized spacial score (nSPS) is 14.0. The van der Waals surface area contributed by atoms with Crippen LogP contribution in [0.25, 0.3) is 0 Å². The van der Waals surface area contributed by atoms with Crippen LogP contribution in [-0.4, -0.2) is 17.2 Å². The minimum absolute atomic E-state index is 0.189. The molecule has 0 atom stereocenters. The molecule has 0 aromatic heterocycles. The molecule has 0 heterocycles. The van der Waals surface area contributed by atoms with Crippen molar-refractivity contribution >= 4 is 15.9 Å². The molecule has 0 saturated heterocycles. The molecule has 56 valence electrons. The van der Waals surface area contributed by atoms with Crippen LogP contribution in [0.4, 0.5) is 17.6 Å². The first kappa shape index (κ1) is 9.20. The second-order valence-corrected chi connectivity index (χ2v) is 2.29. The molecule has 0 bridgehead atoms. The van der Waals surface area contributed by atoms with Crippen LogP contribution in [-0.2, 0) is 0 Å². The largest absolute Gasteiger partial charge is 0.319 e. The van der Waals surface area contributed by atoms with Crippen LogP contribution >= 0.6 is 15.9 Å². The summed E-state index contributed by atoms with van der Waals surface area (Å²) in [4.78, 5) is 0. The Morgan fingerprint density at radius 2 is 1.56 bits per heavy atom. The van der Waals surface area contributed by atoms with Crippen LogP contribution in [0, 0.1) is 0 Å². The smallest absolute Gasteiger partial charge is 0.200 e. The Kier molecular flexibility index (Phi) is 2.49. The number of hydrogen-bond donors (Lipinski definition) is 0. The predicted octanol–water partition coefficient (Wildman–Crippen LogP) is 2.67. The molecule has 0 N–H and O–H groups in total. The molecule has 0 radical (unpaired) electrons. The lowest BCUT2D eigenvalue weighted by Gasteiger charge is -2.19. The highest BCUT2D eigenvalue weighted by Crippen LogP contribution is 2.34. The third-order valence-corrected chi connectivity index (χ3v) is 1.51. The zero-order chi connectivity index (χ0) is 7.71. The molecule has 0 aromatic carbocycles. The van der Waals surface area contributed by atoms with E-state index >= 15 is 0 Å². The maximum Gasteiger partial charge on any atom is 0.319 e. The first-order valence-corrected chi connectivity index (χ1v) is 3.25. The Morgan fingerprint density at radius 3 is 1.56 bits per heavy atom. The number of hydrogen-bond acceptors (Lipinski definition) is 0. The summed E-state index contributed by atoms with van der Waals surface area (Å²) in [5.74, 6) is -7.87. The van der Waals surface area contributed by atoms with Crippen LogP contribution < -0.4 is 0 Å². The SMILES string of the molecule is CC(F)(F)C(F)(F)CBr. The second kappa shape index (κ2) is 2.44. The van der Waals surface area contributed by atoms with E-state index in [0.29, 0.717) is 0 Å². The molecule has 0 rings (SSSR count). The van der Waals surface area contributed by atoms with Gasteiger partial charge < -0.3 is 0 Å². The molecule has 0 aliphatic rings. The number of rotatable bonds is 2. The van der Waals surface area contributed by atoms with Gasteiger partial charge in [0.25, 0.3) is 0 Å². The van der Waals surface area contributed by atoms with E-state index in [9.17, 15) is 17.6 Å². The van der Waals surface area contributed by atoms with Gasteiger partial charge in [-0.2, -0.15) is 8.78 Å². The van der Waals surface area contributed by atoms with Crippen molar-refractivity contribution < 1.29 is 17.6 Å². The summed E-state index contributed by atoms with van der Waals surface area (Å²) in [5.41, 5.74) is 0. The summed E-state index contributed by atoms with van der Waals surface area (Å²) >= 11 is 2.28. The maximum absolute atomic E-state index is 11.9. The van der Waals surface area contributed by atoms with Gasteiger partial charge in [-0.05, 0) is 0 Å². The van der Waals surface area contributed by atoms with Crippen molar-refractivity contribution in [2.24, 2.45) is 0 Å². The predicted molar refractivity (Wildman–Crippen MR) is 29.4 cm³/mol. The fourth-order valence-corrected chi connectivity index (χ4v) is 0.610. The molecular formula is C4H5BrF4. The summed E-state index contributed by atoms with van der Waals surface area (Å²) in [6, 6.07) is 0. The summed E-state index contributed by atoms with van der Waals surface area (Å²) in [6.07, 6.45) is 0. The van der Waals surface area contributed by atoms with Gasteiger partial charge in [0.2, 0.25) is 0 Å². The molecule has 0 amide bonds. The maximum atomic E-state index is 11.9. The van der Waals surface area contributed by atoms with Gasteiger partial charge in [-0.1, -0.05) is 15.9 Å². The summed E-state index contributed by atoms with van der Waals surface area (Å²) in [5, 5.41) is -1.01. The Bertz CT molecular complexity index is 95.2. The quantitative estimate of drug-likeness (QED) is 0.484. The van der Waals surface area contributed by atoms with Crippen LogP contribution in [0.3, 0.4) is 0 Å². The highest BCUT2D eigenvalue weighted by Gasteiger charge is 2.50. The average molecular weight is 209 g/mol. The minimum atomic E-state index is -3.94. The van der Waals surface area contributed by atoms with Crippen molar-refractivity contribution in [1.29, 1.82) is 0 Å². The van der Waals surface area contributed by atoms with E-state index < -0.39 is 17.2 Å². The molecule has 0 fully saturated rings. The molecule has 0 saturated carbocycles. The fourth-order valence-electron chi connectivity index (χ4n) is 0.117. The number of alkyl halides is 5. The van der Waals surface area contributed by atoms with Crippen molar-refractivity contribution in [3.05, 3.63) is 0 Å². The Labute approximate surface area is 58.4 Å². The van der Waals surface area contributed by atoms with Crippen LogP contribution in [0.1, 0.15) is 6.92 Å². The van der Waals surface area contributed by atoms with E-state index in [1.54, 1.807) is 0 Å². The molecule has 0 unspecified atom stereocenters. The van der Waals surface area contributed by atoms with E-state index in [2.05, 4.69) is 15.9 Å². The highest BCUT2D eigenvalue weighted by molar-refractivity contribution is 9.09. The Hall–Kier alpha value is 0.200. The molecular weight excluding hydrogens is 204 g/mol. The topological polar surface area (TPSA) is 0 Å². The van der Waals surface area contributed by atoms with Gasteiger partial charge in [-0.25, -0.2) is 8.78 Å². The molecule has 9 heavy (non-hydrogen) atoms.